The number of aryl methyl sites for hydroxylation is 1. The third-order valence-corrected chi connectivity index (χ3v) is 5.63. The van der Waals surface area contributed by atoms with Crippen LogP contribution in [0.2, 0.25) is 0 Å². The Morgan fingerprint density at radius 3 is 2.28 bits per heavy atom. The third-order valence-electron chi connectivity index (χ3n) is 4.39. The first-order valence-electron chi connectivity index (χ1n) is 9.25. The zero-order chi connectivity index (χ0) is 21.6. The van der Waals surface area contributed by atoms with Crippen LogP contribution in [-0.4, -0.2) is 46.4 Å². The smallest absolute Gasteiger partial charge is 0.243 e. The summed E-state index contributed by atoms with van der Waals surface area (Å²) in [6, 6.07) is 12.9. The van der Waals surface area contributed by atoms with Gasteiger partial charge >= 0.3 is 0 Å². The van der Waals surface area contributed by atoms with Crippen molar-refractivity contribution in [2.45, 2.75) is 32.9 Å². The lowest BCUT2D eigenvalue weighted by atomic mass is 10.2. The van der Waals surface area contributed by atoms with E-state index in [0.29, 0.717) is 11.4 Å². The number of benzene rings is 2. The van der Waals surface area contributed by atoms with Crippen molar-refractivity contribution in [2.24, 2.45) is 0 Å². The molecule has 0 saturated heterocycles. The highest BCUT2D eigenvalue weighted by molar-refractivity contribution is 7.92. The fourth-order valence-corrected chi connectivity index (χ4v) is 4.05. The number of carbonyl (C=O) groups excluding carboxylic acids is 1. The van der Waals surface area contributed by atoms with Crippen molar-refractivity contribution in [2.75, 3.05) is 24.3 Å². The average Bonchev–Trinajstić information content (AvgIpc) is 2.67. The van der Waals surface area contributed by atoms with Gasteiger partial charge in [0.05, 0.1) is 25.1 Å². The van der Waals surface area contributed by atoms with Crippen LogP contribution in [0.3, 0.4) is 0 Å². The summed E-state index contributed by atoms with van der Waals surface area (Å²) in [4.78, 5) is 12.7. The van der Waals surface area contributed by atoms with Crippen LogP contribution in [0.4, 0.5) is 5.69 Å². The van der Waals surface area contributed by atoms with Crippen molar-refractivity contribution >= 4 is 21.6 Å². The lowest BCUT2D eigenvalue weighted by Gasteiger charge is -2.29. The molecule has 0 fully saturated rings. The van der Waals surface area contributed by atoms with Gasteiger partial charge in [-0.3, -0.25) is 9.10 Å². The lowest BCUT2D eigenvalue weighted by molar-refractivity contribution is -0.122. The van der Waals surface area contributed by atoms with E-state index < -0.39 is 22.0 Å². The van der Waals surface area contributed by atoms with E-state index in [0.717, 1.165) is 21.9 Å². The third kappa shape index (κ3) is 6.12. The number of carbonyl (C=O) groups is 1. The molecule has 0 aliphatic rings. The number of methoxy groups -OCH3 is 1. The van der Waals surface area contributed by atoms with Crippen molar-refractivity contribution in [1.29, 1.82) is 0 Å². The van der Waals surface area contributed by atoms with Crippen LogP contribution < -0.4 is 19.1 Å². The average molecular weight is 421 g/mol. The molecule has 0 aliphatic carbocycles. The number of sulfonamides is 1. The van der Waals surface area contributed by atoms with Crippen LogP contribution in [0.5, 0.6) is 11.5 Å². The molecular weight excluding hydrogens is 392 g/mol. The molecule has 2 atom stereocenters. The number of rotatable bonds is 9. The molecule has 0 unspecified atom stereocenters. The number of ether oxygens (including phenoxy) is 2. The monoisotopic (exact) mass is 420 g/mol. The van der Waals surface area contributed by atoms with Crippen LogP contribution in [0, 0.1) is 6.92 Å². The van der Waals surface area contributed by atoms with E-state index in [1.165, 1.54) is 7.11 Å². The Morgan fingerprint density at radius 1 is 1.10 bits per heavy atom. The number of nitrogens with zero attached hydrogens (tertiary/aromatic N) is 1. The van der Waals surface area contributed by atoms with Gasteiger partial charge in [0.25, 0.3) is 0 Å². The molecule has 1 N–H and O–H groups in total. The fraction of sp³-hybridized carbons (Fsp3) is 0.381. The molecule has 1 amide bonds. The molecule has 2 rings (SSSR count). The van der Waals surface area contributed by atoms with Crippen molar-refractivity contribution < 1.29 is 22.7 Å². The van der Waals surface area contributed by atoms with Crippen LogP contribution in [0.25, 0.3) is 0 Å². The number of anilines is 1. The number of nitrogens with one attached hydrogen (secondary N) is 1. The predicted molar refractivity (Wildman–Crippen MR) is 114 cm³/mol. The van der Waals surface area contributed by atoms with E-state index in [1.807, 2.05) is 31.2 Å². The van der Waals surface area contributed by atoms with Gasteiger partial charge in [-0.2, -0.15) is 0 Å². The summed E-state index contributed by atoms with van der Waals surface area (Å²) in [5, 5.41) is 2.82. The molecule has 0 spiro atoms. The predicted octanol–water partition coefficient (Wildman–Crippen LogP) is 2.74. The maximum absolute atomic E-state index is 12.7. The number of amides is 1. The van der Waals surface area contributed by atoms with E-state index in [9.17, 15) is 13.2 Å². The molecule has 0 bridgehead atoms. The Morgan fingerprint density at radius 2 is 1.72 bits per heavy atom. The van der Waals surface area contributed by atoms with E-state index in [1.54, 1.807) is 38.1 Å². The van der Waals surface area contributed by atoms with E-state index in [-0.39, 0.29) is 12.6 Å². The quantitative estimate of drug-likeness (QED) is 0.674. The van der Waals surface area contributed by atoms with Crippen molar-refractivity contribution in [3.63, 3.8) is 0 Å². The highest BCUT2D eigenvalue weighted by atomic mass is 32.2. The summed E-state index contributed by atoms with van der Waals surface area (Å²) in [5.74, 6) is 0.936. The van der Waals surface area contributed by atoms with Crippen molar-refractivity contribution in [3.05, 3.63) is 54.1 Å². The summed E-state index contributed by atoms with van der Waals surface area (Å²) in [6.07, 6.45) is 1.08. The number of hydrogen-bond donors (Lipinski definition) is 1. The van der Waals surface area contributed by atoms with E-state index >= 15 is 0 Å². The van der Waals surface area contributed by atoms with Gasteiger partial charge in [0, 0.05) is 0 Å². The molecule has 2 aromatic carbocycles. The van der Waals surface area contributed by atoms with Gasteiger partial charge in [0.1, 0.15) is 24.1 Å². The Kier molecular flexibility index (Phi) is 7.50. The summed E-state index contributed by atoms with van der Waals surface area (Å²) >= 11 is 0. The maximum Gasteiger partial charge on any atom is 0.243 e. The zero-order valence-electron chi connectivity index (χ0n) is 17.4. The lowest BCUT2D eigenvalue weighted by Crippen LogP contribution is -2.50. The molecule has 0 radical (unpaired) electrons. The van der Waals surface area contributed by atoms with Crippen LogP contribution >= 0.6 is 0 Å². The normalized spacial score (nSPS) is 13.3. The van der Waals surface area contributed by atoms with Gasteiger partial charge in [0.15, 0.2) is 0 Å². The molecule has 158 valence electrons. The summed E-state index contributed by atoms with van der Waals surface area (Å²) in [7, 11) is -2.15. The van der Waals surface area contributed by atoms with E-state index in [4.69, 9.17) is 9.47 Å². The Hall–Kier alpha value is -2.74. The largest absolute Gasteiger partial charge is 0.497 e. The fourth-order valence-electron chi connectivity index (χ4n) is 2.88. The highest BCUT2D eigenvalue weighted by Gasteiger charge is 2.29. The minimum Gasteiger partial charge on any atom is -0.497 e. The van der Waals surface area contributed by atoms with E-state index in [2.05, 4.69) is 5.32 Å². The SMILES string of the molecule is COc1ccc(N([C@@H](C)C(=O)N[C@@H](C)COc2ccccc2C)S(C)(=O)=O)cc1. The van der Waals surface area contributed by atoms with Crippen LogP contribution in [0.15, 0.2) is 48.5 Å². The Bertz CT molecular complexity index is 928. The first-order chi connectivity index (χ1) is 13.6. The first kappa shape index (κ1) is 22.5. The molecular formula is C21H28N2O5S. The molecule has 0 aliphatic heterocycles. The maximum atomic E-state index is 12.7. The minimum absolute atomic E-state index is 0.269. The number of para-hydroxylation sites is 1. The van der Waals surface area contributed by atoms with Crippen LogP contribution in [0.1, 0.15) is 19.4 Å². The van der Waals surface area contributed by atoms with Gasteiger partial charge < -0.3 is 14.8 Å². The summed E-state index contributed by atoms with van der Waals surface area (Å²) in [6.45, 7) is 5.57. The minimum atomic E-state index is -3.68. The second kappa shape index (κ2) is 9.65. The van der Waals surface area contributed by atoms with Crippen LogP contribution in [-0.2, 0) is 14.8 Å². The topological polar surface area (TPSA) is 84.9 Å². The van der Waals surface area contributed by atoms with Gasteiger partial charge in [0.2, 0.25) is 15.9 Å². The van der Waals surface area contributed by atoms with Gasteiger partial charge in [-0.15, -0.1) is 0 Å². The summed E-state index contributed by atoms with van der Waals surface area (Å²) in [5.41, 5.74) is 1.39. The highest BCUT2D eigenvalue weighted by Crippen LogP contribution is 2.24. The zero-order valence-corrected chi connectivity index (χ0v) is 18.2. The molecule has 29 heavy (non-hydrogen) atoms. The van der Waals surface area contributed by atoms with Crippen molar-refractivity contribution in [1.82, 2.24) is 5.32 Å². The standard InChI is InChI=1S/C21H28N2O5S/c1-15-8-6-7-9-20(15)28-14-16(2)22-21(24)17(3)23(29(5,25)26)18-10-12-19(27-4)13-11-18/h6-13,16-17H,14H2,1-5H3,(H,22,24)/t16-,17-/m0/s1. The van der Waals surface area contributed by atoms with Gasteiger partial charge in [-0.05, 0) is 56.7 Å². The van der Waals surface area contributed by atoms with Gasteiger partial charge in [-0.25, -0.2) is 8.42 Å². The Labute approximate surface area is 172 Å². The molecule has 8 heteroatoms. The molecule has 0 aromatic heterocycles. The molecule has 0 heterocycles. The molecule has 7 nitrogen and oxygen atoms in total. The number of hydrogen-bond acceptors (Lipinski definition) is 5. The summed E-state index contributed by atoms with van der Waals surface area (Å²) < 4.78 is 36.7. The Balaban J connectivity index is 2.07. The molecule has 0 saturated carbocycles. The van der Waals surface area contributed by atoms with Gasteiger partial charge in [-0.1, -0.05) is 18.2 Å². The molecule has 2 aromatic rings. The van der Waals surface area contributed by atoms with Crippen molar-refractivity contribution in [3.8, 4) is 11.5 Å². The second-order valence-electron chi connectivity index (χ2n) is 6.92. The first-order valence-corrected chi connectivity index (χ1v) is 11.1. The second-order valence-corrected chi connectivity index (χ2v) is 8.78.